The van der Waals surface area contributed by atoms with Gasteiger partial charge in [0.05, 0.1) is 0 Å². The Morgan fingerprint density at radius 1 is 1.46 bits per heavy atom. The molecule has 1 aromatic rings. The number of aromatic nitrogens is 1. The average Bonchev–Trinajstić information content (AvgIpc) is 2.03. The van der Waals surface area contributed by atoms with E-state index in [9.17, 15) is 4.79 Å². The molecule has 1 rings (SSSR count). The fraction of sp³-hybridized carbons (Fsp3) is 0.444. The Hall–Kier alpha value is -0.800. The van der Waals surface area contributed by atoms with Crippen molar-refractivity contribution in [1.82, 2.24) is 4.98 Å². The number of nitrogens with one attached hydrogen (secondary N) is 1. The summed E-state index contributed by atoms with van der Waals surface area (Å²) < 4.78 is 0. The first-order valence-electron chi connectivity index (χ1n) is 4.16. The van der Waals surface area contributed by atoms with Gasteiger partial charge in [-0.15, -0.1) is 0 Å². The zero-order valence-electron chi connectivity index (χ0n) is 7.67. The zero-order valence-corrected chi connectivity index (χ0v) is 8.43. The van der Waals surface area contributed by atoms with E-state index in [0.29, 0.717) is 11.1 Å². The van der Waals surface area contributed by atoms with E-state index >= 15 is 0 Å². The van der Waals surface area contributed by atoms with Crippen LogP contribution in [0.4, 0.5) is 0 Å². The first-order valence-corrected chi connectivity index (χ1v) is 4.54. The highest BCUT2D eigenvalue weighted by Crippen LogP contribution is 2.22. The average molecular weight is 201 g/mol. The van der Waals surface area contributed by atoms with Gasteiger partial charge in [-0.1, -0.05) is 25.4 Å². The van der Waals surface area contributed by atoms with Crippen molar-refractivity contribution in [2.75, 3.05) is 0 Å². The number of rotatable bonds is 2. The molecule has 3 N–H and O–H groups in total. The number of aromatic amines is 1. The number of hydrogen-bond acceptors (Lipinski definition) is 2. The van der Waals surface area contributed by atoms with Crippen molar-refractivity contribution in [3.05, 3.63) is 33.2 Å². The summed E-state index contributed by atoms with van der Waals surface area (Å²) in [5, 5.41) is 0.341. The molecule has 0 unspecified atom stereocenters. The van der Waals surface area contributed by atoms with E-state index in [4.69, 9.17) is 17.3 Å². The Morgan fingerprint density at radius 3 is 2.54 bits per heavy atom. The van der Waals surface area contributed by atoms with Gasteiger partial charge in [-0.3, -0.25) is 4.79 Å². The largest absolute Gasteiger partial charge is 0.324 e. The van der Waals surface area contributed by atoms with Crippen LogP contribution >= 0.6 is 11.6 Å². The van der Waals surface area contributed by atoms with Crippen molar-refractivity contribution in [2.45, 2.75) is 19.9 Å². The molecule has 0 spiro atoms. The molecule has 0 amide bonds. The highest BCUT2D eigenvalue weighted by Gasteiger charge is 2.13. The van der Waals surface area contributed by atoms with E-state index in [1.807, 2.05) is 13.8 Å². The molecule has 1 atom stereocenters. The van der Waals surface area contributed by atoms with Gasteiger partial charge >= 0.3 is 0 Å². The van der Waals surface area contributed by atoms with Gasteiger partial charge in [-0.05, 0) is 12.0 Å². The number of halogens is 1. The van der Waals surface area contributed by atoms with E-state index in [0.717, 1.165) is 5.56 Å². The molecular formula is C9H13ClN2O. The monoisotopic (exact) mass is 200 g/mol. The van der Waals surface area contributed by atoms with Crippen molar-refractivity contribution in [3.63, 3.8) is 0 Å². The van der Waals surface area contributed by atoms with Crippen LogP contribution in [0.25, 0.3) is 0 Å². The van der Waals surface area contributed by atoms with Crippen molar-refractivity contribution >= 4 is 11.6 Å². The highest BCUT2D eigenvalue weighted by molar-refractivity contribution is 6.30. The molecule has 4 heteroatoms. The maximum absolute atomic E-state index is 10.9. The third-order valence-electron chi connectivity index (χ3n) is 1.98. The first-order chi connectivity index (χ1) is 6.02. The minimum atomic E-state index is -0.204. The Kier molecular flexibility index (Phi) is 3.12. The van der Waals surface area contributed by atoms with Gasteiger partial charge in [0.1, 0.15) is 5.15 Å². The molecule has 0 aliphatic carbocycles. The number of hydrogen-bond donors (Lipinski definition) is 2. The molecule has 72 valence electrons. The normalized spacial score (nSPS) is 13.3. The molecule has 3 nitrogen and oxygen atoms in total. The lowest BCUT2D eigenvalue weighted by Crippen LogP contribution is -2.19. The second-order valence-corrected chi connectivity index (χ2v) is 3.74. The number of pyridine rings is 1. The Bertz CT molecular complexity index is 346. The molecule has 1 aromatic heterocycles. The standard InChI is InChI=1S/C9H13ClN2O/c1-5(2)8(11)6-3-4-7(13)12-9(6)10/h3-5,8H,11H2,1-2H3,(H,12,13)/t8-/m0/s1. The molecular weight excluding hydrogens is 188 g/mol. The van der Waals surface area contributed by atoms with Gasteiger partial charge in [0, 0.05) is 17.7 Å². The summed E-state index contributed by atoms with van der Waals surface area (Å²) in [6, 6.07) is 2.97. The van der Waals surface area contributed by atoms with Crippen LogP contribution in [0.2, 0.25) is 5.15 Å². The maximum atomic E-state index is 10.9. The van der Waals surface area contributed by atoms with Crippen molar-refractivity contribution in [3.8, 4) is 0 Å². The molecule has 0 fully saturated rings. The predicted octanol–water partition coefficient (Wildman–Crippen LogP) is 1.68. The van der Waals surface area contributed by atoms with Crippen LogP contribution in [0, 0.1) is 5.92 Å². The van der Waals surface area contributed by atoms with Gasteiger partial charge in [-0.2, -0.15) is 0 Å². The summed E-state index contributed by atoms with van der Waals surface area (Å²) in [5.74, 6) is 0.295. The molecule has 1 heterocycles. The fourth-order valence-electron chi connectivity index (χ4n) is 1.08. The Labute approximate surface area is 81.9 Å². The summed E-state index contributed by atoms with van der Waals surface area (Å²) in [6.07, 6.45) is 0. The third kappa shape index (κ3) is 2.32. The van der Waals surface area contributed by atoms with Crippen LogP contribution in [0.15, 0.2) is 16.9 Å². The number of H-pyrrole nitrogens is 1. The van der Waals surface area contributed by atoms with Crippen molar-refractivity contribution < 1.29 is 0 Å². The Balaban J connectivity index is 3.08. The number of nitrogens with two attached hydrogens (primary N) is 1. The van der Waals surface area contributed by atoms with Crippen LogP contribution in [0.5, 0.6) is 0 Å². The van der Waals surface area contributed by atoms with Crippen molar-refractivity contribution in [2.24, 2.45) is 11.7 Å². The summed E-state index contributed by atoms with van der Waals surface area (Å²) in [7, 11) is 0. The molecule has 0 bridgehead atoms. The van der Waals surface area contributed by atoms with Crippen LogP contribution in [-0.4, -0.2) is 4.98 Å². The fourth-order valence-corrected chi connectivity index (χ4v) is 1.36. The molecule has 0 aliphatic heterocycles. The van der Waals surface area contributed by atoms with E-state index in [-0.39, 0.29) is 11.6 Å². The van der Waals surface area contributed by atoms with Gasteiger partial charge in [0.15, 0.2) is 0 Å². The summed E-state index contributed by atoms with van der Waals surface area (Å²) in [6.45, 7) is 4.01. The van der Waals surface area contributed by atoms with Crippen LogP contribution in [-0.2, 0) is 0 Å². The minimum absolute atomic E-state index is 0.135. The minimum Gasteiger partial charge on any atom is -0.324 e. The van der Waals surface area contributed by atoms with E-state index in [1.165, 1.54) is 6.07 Å². The lowest BCUT2D eigenvalue weighted by molar-refractivity contribution is 0.513. The maximum Gasteiger partial charge on any atom is 0.249 e. The van der Waals surface area contributed by atoms with Gasteiger partial charge < -0.3 is 10.7 Å². The second kappa shape index (κ2) is 3.94. The van der Waals surface area contributed by atoms with Gasteiger partial charge in [0.2, 0.25) is 5.56 Å². The quantitative estimate of drug-likeness (QED) is 0.714. The third-order valence-corrected chi connectivity index (χ3v) is 2.29. The molecule has 13 heavy (non-hydrogen) atoms. The Morgan fingerprint density at radius 2 is 2.08 bits per heavy atom. The van der Waals surface area contributed by atoms with Gasteiger partial charge in [-0.25, -0.2) is 0 Å². The van der Waals surface area contributed by atoms with E-state index < -0.39 is 0 Å². The highest BCUT2D eigenvalue weighted by atomic mass is 35.5. The second-order valence-electron chi connectivity index (χ2n) is 3.36. The SMILES string of the molecule is CC(C)[C@H](N)c1ccc(=O)[nH]c1Cl. The zero-order chi connectivity index (χ0) is 10.0. The summed E-state index contributed by atoms with van der Waals surface area (Å²) >= 11 is 5.83. The summed E-state index contributed by atoms with van der Waals surface area (Å²) in [5.41, 5.74) is 6.47. The smallest absolute Gasteiger partial charge is 0.249 e. The molecule has 0 saturated carbocycles. The van der Waals surface area contributed by atoms with Crippen LogP contribution < -0.4 is 11.3 Å². The summed E-state index contributed by atoms with van der Waals surface area (Å²) in [4.78, 5) is 13.4. The van der Waals surface area contributed by atoms with Crippen LogP contribution in [0.3, 0.4) is 0 Å². The molecule has 0 saturated heterocycles. The van der Waals surface area contributed by atoms with Gasteiger partial charge in [0.25, 0.3) is 0 Å². The molecule has 0 aliphatic rings. The topological polar surface area (TPSA) is 58.9 Å². The predicted molar refractivity (Wildman–Crippen MR) is 53.8 cm³/mol. The van der Waals surface area contributed by atoms with E-state index in [1.54, 1.807) is 6.07 Å². The molecule has 0 aromatic carbocycles. The van der Waals surface area contributed by atoms with E-state index in [2.05, 4.69) is 4.98 Å². The lowest BCUT2D eigenvalue weighted by Gasteiger charge is -2.16. The van der Waals surface area contributed by atoms with Crippen molar-refractivity contribution in [1.29, 1.82) is 0 Å². The lowest BCUT2D eigenvalue weighted by atomic mass is 9.99. The molecule has 0 radical (unpaired) electrons. The first kappa shape index (κ1) is 10.3. The van der Waals surface area contributed by atoms with Crippen LogP contribution in [0.1, 0.15) is 25.5 Å².